The number of hydrogen-bond donors (Lipinski definition) is 1. The zero-order valence-electron chi connectivity index (χ0n) is 9.89. The van der Waals surface area contributed by atoms with Crippen LogP contribution in [0.5, 0.6) is 0 Å². The fourth-order valence-corrected chi connectivity index (χ4v) is 2.23. The van der Waals surface area contributed by atoms with Gasteiger partial charge in [0.15, 0.2) is 0 Å². The van der Waals surface area contributed by atoms with E-state index in [1.807, 2.05) is 25.4 Å². The molecule has 2 rings (SSSR count). The molecule has 1 atom stereocenters. The van der Waals surface area contributed by atoms with Crippen LogP contribution in [0, 0.1) is 6.92 Å². The number of nitrogens with zero attached hydrogens (tertiary/aromatic N) is 3. The maximum Gasteiger partial charge on any atom is 0.0845 e. The topological polar surface area (TPSA) is 56.7 Å². The lowest BCUT2D eigenvalue weighted by Crippen LogP contribution is -2.15. The summed E-state index contributed by atoms with van der Waals surface area (Å²) in [5, 5.41) is 7.96. The molecule has 0 amide bonds. The summed E-state index contributed by atoms with van der Waals surface area (Å²) in [5.41, 5.74) is 9.45. The fourth-order valence-electron chi connectivity index (χ4n) is 1.85. The number of hydrogen-bond acceptors (Lipinski definition) is 3. The Kier molecular flexibility index (Phi) is 3.59. The van der Waals surface area contributed by atoms with Gasteiger partial charge in [0.1, 0.15) is 0 Å². The largest absolute Gasteiger partial charge is 0.324 e. The Morgan fingerprint density at radius 1 is 1.47 bits per heavy atom. The Labute approximate surface area is 109 Å². The minimum Gasteiger partial charge on any atom is -0.324 e. The molecule has 2 N–H and O–H groups in total. The molecule has 1 aromatic carbocycles. The van der Waals surface area contributed by atoms with Crippen molar-refractivity contribution in [3.05, 3.63) is 45.7 Å². The highest BCUT2D eigenvalue weighted by Gasteiger charge is 2.12. The van der Waals surface area contributed by atoms with E-state index in [0.29, 0.717) is 6.42 Å². The molecule has 2 aromatic rings. The van der Waals surface area contributed by atoms with E-state index in [0.717, 1.165) is 15.7 Å². The first-order valence-corrected chi connectivity index (χ1v) is 6.23. The zero-order chi connectivity index (χ0) is 12.4. The Morgan fingerprint density at radius 2 is 2.24 bits per heavy atom. The summed E-state index contributed by atoms with van der Waals surface area (Å²) in [4.78, 5) is 0. The monoisotopic (exact) mass is 294 g/mol. The third kappa shape index (κ3) is 2.73. The van der Waals surface area contributed by atoms with E-state index < -0.39 is 0 Å². The van der Waals surface area contributed by atoms with E-state index in [4.69, 9.17) is 5.73 Å². The van der Waals surface area contributed by atoms with E-state index in [2.05, 4.69) is 39.2 Å². The maximum atomic E-state index is 6.21. The lowest BCUT2D eigenvalue weighted by Gasteiger charge is -2.14. The van der Waals surface area contributed by atoms with Crippen LogP contribution in [0.4, 0.5) is 0 Å². The summed E-state index contributed by atoms with van der Waals surface area (Å²) < 4.78 is 2.78. The van der Waals surface area contributed by atoms with Crippen LogP contribution in [-0.4, -0.2) is 15.0 Å². The Balaban J connectivity index is 2.20. The molecule has 90 valence electrons. The second kappa shape index (κ2) is 4.98. The minimum absolute atomic E-state index is 0.0517. The van der Waals surface area contributed by atoms with Gasteiger partial charge in [-0.25, -0.2) is 0 Å². The summed E-state index contributed by atoms with van der Waals surface area (Å²) in [6.07, 6.45) is 2.60. The first kappa shape index (κ1) is 12.3. The summed E-state index contributed by atoms with van der Waals surface area (Å²) in [6, 6.07) is 6.03. The number of benzene rings is 1. The average molecular weight is 295 g/mol. The van der Waals surface area contributed by atoms with Crippen LogP contribution in [0.15, 0.2) is 28.9 Å². The third-order valence-electron chi connectivity index (χ3n) is 2.79. The van der Waals surface area contributed by atoms with Gasteiger partial charge in [0.25, 0.3) is 0 Å². The van der Waals surface area contributed by atoms with Crippen molar-refractivity contribution in [1.29, 1.82) is 0 Å². The predicted octanol–water partition coefficient (Wildman–Crippen LogP) is 2.13. The van der Waals surface area contributed by atoms with Gasteiger partial charge in [-0.2, -0.15) is 0 Å². The van der Waals surface area contributed by atoms with Gasteiger partial charge in [0.05, 0.1) is 5.69 Å². The number of aromatic nitrogens is 3. The summed E-state index contributed by atoms with van der Waals surface area (Å²) >= 11 is 3.52. The van der Waals surface area contributed by atoms with E-state index in [1.54, 1.807) is 4.68 Å². The van der Waals surface area contributed by atoms with Crippen LogP contribution in [0.1, 0.15) is 22.9 Å². The van der Waals surface area contributed by atoms with Crippen LogP contribution < -0.4 is 5.73 Å². The molecular weight excluding hydrogens is 280 g/mol. The fraction of sp³-hybridized carbons (Fsp3) is 0.333. The van der Waals surface area contributed by atoms with Crippen molar-refractivity contribution >= 4 is 15.9 Å². The highest BCUT2D eigenvalue weighted by molar-refractivity contribution is 9.10. The second-order valence-electron chi connectivity index (χ2n) is 4.15. The lowest BCUT2D eigenvalue weighted by atomic mass is 9.99. The first-order chi connectivity index (χ1) is 8.08. The molecular formula is C12H15BrN4. The molecule has 0 aliphatic heterocycles. The number of nitrogens with two attached hydrogens (primary N) is 1. The molecule has 0 fully saturated rings. The van der Waals surface area contributed by atoms with Crippen molar-refractivity contribution in [2.24, 2.45) is 12.8 Å². The summed E-state index contributed by atoms with van der Waals surface area (Å²) in [7, 11) is 1.85. The van der Waals surface area contributed by atoms with Crippen LogP contribution >= 0.6 is 15.9 Å². The molecule has 1 unspecified atom stereocenters. The van der Waals surface area contributed by atoms with Crippen molar-refractivity contribution in [2.45, 2.75) is 19.4 Å². The van der Waals surface area contributed by atoms with Gasteiger partial charge in [0.2, 0.25) is 0 Å². The Morgan fingerprint density at radius 3 is 2.88 bits per heavy atom. The molecule has 1 heterocycles. The van der Waals surface area contributed by atoms with Gasteiger partial charge in [-0.1, -0.05) is 33.3 Å². The lowest BCUT2D eigenvalue weighted by molar-refractivity contribution is 0.690. The van der Waals surface area contributed by atoms with E-state index >= 15 is 0 Å². The van der Waals surface area contributed by atoms with Crippen LogP contribution in [0.3, 0.4) is 0 Å². The highest BCUT2D eigenvalue weighted by atomic mass is 79.9. The highest BCUT2D eigenvalue weighted by Crippen LogP contribution is 2.24. The molecule has 0 spiro atoms. The molecule has 0 radical (unpaired) electrons. The quantitative estimate of drug-likeness (QED) is 0.943. The number of rotatable bonds is 3. The molecule has 0 saturated carbocycles. The Hall–Kier alpha value is -1.20. The third-order valence-corrected chi connectivity index (χ3v) is 3.65. The SMILES string of the molecule is Cc1c(Br)cccc1C(N)Cc1cn(C)nn1. The maximum absolute atomic E-state index is 6.21. The van der Waals surface area contributed by atoms with Crippen LogP contribution in [0.25, 0.3) is 0 Å². The van der Waals surface area contributed by atoms with Crippen molar-refractivity contribution in [3.8, 4) is 0 Å². The van der Waals surface area contributed by atoms with E-state index in [9.17, 15) is 0 Å². The smallest absolute Gasteiger partial charge is 0.0845 e. The van der Waals surface area contributed by atoms with Crippen molar-refractivity contribution < 1.29 is 0 Å². The molecule has 4 nitrogen and oxygen atoms in total. The van der Waals surface area contributed by atoms with Gasteiger partial charge >= 0.3 is 0 Å². The second-order valence-corrected chi connectivity index (χ2v) is 5.00. The Bertz CT molecular complexity index is 521. The molecule has 1 aromatic heterocycles. The molecule has 5 heteroatoms. The molecule has 0 aliphatic rings. The minimum atomic E-state index is -0.0517. The first-order valence-electron chi connectivity index (χ1n) is 5.43. The van der Waals surface area contributed by atoms with Gasteiger partial charge in [0, 0.05) is 30.2 Å². The zero-order valence-corrected chi connectivity index (χ0v) is 11.5. The van der Waals surface area contributed by atoms with Crippen molar-refractivity contribution in [2.75, 3.05) is 0 Å². The number of aryl methyl sites for hydroxylation is 1. The molecule has 0 aliphatic carbocycles. The molecule has 0 saturated heterocycles. The summed E-state index contributed by atoms with van der Waals surface area (Å²) in [6.45, 7) is 2.07. The van der Waals surface area contributed by atoms with Crippen LogP contribution in [-0.2, 0) is 13.5 Å². The molecule has 0 bridgehead atoms. The van der Waals surface area contributed by atoms with E-state index in [1.165, 1.54) is 5.56 Å². The molecule has 17 heavy (non-hydrogen) atoms. The van der Waals surface area contributed by atoms with Crippen LogP contribution in [0.2, 0.25) is 0 Å². The summed E-state index contributed by atoms with van der Waals surface area (Å²) in [5.74, 6) is 0. The predicted molar refractivity (Wildman–Crippen MR) is 70.5 cm³/mol. The van der Waals surface area contributed by atoms with Gasteiger partial charge < -0.3 is 5.73 Å². The van der Waals surface area contributed by atoms with Crippen molar-refractivity contribution in [3.63, 3.8) is 0 Å². The average Bonchev–Trinajstić information content (AvgIpc) is 2.68. The van der Waals surface area contributed by atoms with E-state index in [-0.39, 0.29) is 6.04 Å². The normalized spacial score (nSPS) is 12.7. The van der Waals surface area contributed by atoms with Crippen molar-refractivity contribution in [1.82, 2.24) is 15.0 Å². The van der Waals surface area contributed by atoms with Gasteiger partial charge in [-0.3, -0.25) is 4.68 Å². The number of halogens is 1. The van der Waals surface area contributed by atoms with Gasteiger partial charge in [-0.15, -0.1) is 5.10 Å². The standard InChI is InChI=1S/C12H15BrN4/c1-8-10(4-3-5-11(8)13)12(14)6-9-7-17(2)16-15-9/h3-5,7,12H,6,14H2,1-2H3. The van der Waals surface area contributed by atoms with Gasteiger partial charge in [-0.05, 0) is 24.1 Å².